The predicted octanol–water partition coefficient (Wildman–Crippen LogP) is 2.45. The lowest BCUT2D eigenvalue weighted by Crippen LogP contribution is -2.39. The SMILES string of the molecule is CC(C)C(C#N)N(C)C(=O)c1cccc(F)c1. The number of carbonyl (C=O) groups is 1. The van der Waals surface area contributed by atoms with Crippen LogP contribution in [0.5, 0.6) is 0 Å². The highest BCUT2D eigenvalue weighted by molar-refractivity contribution is 5.94. The van der Waals surface area contributed by atoms with Gasteiger partial charge in [0, 0.05) is 12.6 Å². The van der Waals surface area contributed by atoms with Gasteiger partial charge in [0.05, 0.1) is 6.07 Å². The lowest BCUT2D eigenvalue weighted by Gasteiger charge is -2.25. The van der Waals surface area contributed by atoms with Crippen LogP contribution < -0.4 is 0 Å². The van der Waals surface area contributed by atoms with Gasteiger partial charge in [0.25, 0.3) is 5.91 Å². The van der Waals surface area contributed by atoms with Crippen LogP contribution in [0.4, 0.5) is 4.39 Å². The second kappa shape index (κ2) is 5.44. The van der Waals surface area contributed by atoms with Crippen LogP contribution in [0.3, 0.4) is 0 Å². The van der Waals surface area contributed by atoms with Gasteiger partial charge in [0.1, 0.15) is 11.9 Å². The lowest BCUT2D eigenvalue weighted by molar-refractivity contribution is 0.0735. The third-order valence-corrected chi connectivity index (χ3v) is 2.57. The van der Waals surface area contributed by atoms with Gasteiger partial charge in [-0.1, -0.05) is 19.9 Å². The van der Waals surface area contributed by atoms with Gasteiger partial charge < -0.3 is 4.90 Å². The Morgan fingerprint density at radius 2 is 2.12 bits per heavy atom. The van der Waals surface area contributed by atoms with E-state index in [1.54, 1.807) is 7.05 Å². The Labute approximate surface area is 100 Å². The van der Waals surface area contributed by atoms with Crippen molar-refractivity contribution in [2.75, 3.05) is 7.05 Å². The Balaban J connectivity index is 2.94. The van der Waals surface area contributed by atoms with Crippen LogP contribution in [-0.2, 0) is 0 Å². The van der Waals surface area contributed by atoms with Gasteiger partial charge >= 0.3 is 0 Å². The predicted molar refractivity (Wildman–Crippen MR) is 62.7 cm³/mol. The molecule has 1 rings (SSSR count). The zero-order chi connectivity index (χ0) is 13.0. The molecular weight excluding hydrogens is 219 g/mol. The summed E-state index contributed by atoms with van der Waals surface area (Å²) in [5.41, 5.74) is 0.258. The Kier molecular flexibility index (Phi) is 4.22. The summed E-state index contributed by atoms with van der Waals surface area (Å²) in [4.78, 5) is 13.4. The average Bonchev–Trinajstić information content (AvgIpc) is 2.28. The maximum absolute atomic E-state index is 13.0. The number of nitrogens with zero attached hydrogens (tertiary/aromatic N) is 2. The van der Waals surface area contributed by atoms with Gasteiger partial charge in [-0.15, -0.1) is 0 Å². The van der Waals surface area contributed by atoms with Crippen LogP contribution in [0.15, 0.2) is 24.3 Å². The van der Waals surface area contributed by atoms with Crippen LogP contribution >= 0.6 is 0 Å². The van der Waals surface area contributed by atoms with E-state index in [4.69, 9.17) is 5.26 Å². The molecule has 0 aliphatic carbocycles. The third-order valence-electron chi connectivity index (χ3n) is 2.57. The third kappa shape index (κ3) is 3.04. The standard InChI is InChI=1S/C13H15FN2O/c1-9(2)12(8-15)16(3)13(17)10-5-4-6-11(14)7-10/h4-7,9,12H,1-3H3. The number of nitriles is 1. The van der Waals surface area contributed by atoms with E-state index < -0.39 is 11.9 Å². The van der Waals surface area contributed by atoms with E-state index in [1.807, 2.05) is 13.8 Å². The van der Waals surface area contributed by atoms with Crippen molar-refractivity contribution in [3.63, 3.8) is 0 Å². The molecule has 0 spiro atoms. The number of rotatable bonds is 3. The number of hydrogen-bond acceptors (Lipinski definition) is 2. The minimum atomic E-state index is -0.509. The van der Waals surface area contributed by atoms with Crippen molar-refractivity contribution in [3.05, 3.63) is 35.6 Å². The minimum absolute atomic E-state index is 0.0301. The molecule has 90 valence electrons. The lowest BCUT2D eigenvalue weighted by atomic mass is 10.0. The van der Waals surface area contributed by atoms with Gasteiger partial charge in [-0.05, 0) is 24.1 Å². The quantitative estimate of drug-likeness (QED) is 0.806. The van der Waals surface area contributed by atoms with Crippen molar-refractivity contribution in [1.29, 1.82) is 5.26 Å². The second-order valence-corrected chi connectivity index (χ2v) is 4.24. The van der Waals surface area contributed by atoms with Crippen LogP contribution in [-0.4, -0.2) is 23.9 Å². The Bertz CT molecular complexity index is 451. The molecule has 1 atom stereocenters. The smallest absolute Gasteiger partial charge is 0.254 e. The molecule has 0 aromatic heterocycles. The first kappa shape index (κ1) is 13.2. The summed E-state index contributed by atoms with van der Waals surface area (Å²) in [7, 11) is 1.56. The molecule has 1 aromatic rings. The van der Waals surface area contributed by atoms with Gasteiger partial charge in [0.15, 0.2) is 0 Å². The first-order valence-corrected chi connectivity index (χ1v) is 5.39. The first-order chi connectivity index (χ1) is 7.97. The molecule has 0 heterocycles. The molecule has 0 saturated carbocycles. The second-order valence-electron chi connectivity index (χ2n) is 4.24. The Morgan fingerprint density at radius 3 is 2.59 bits per heavy atom. The summed E-state index contributed by atoms with van der Waals surface area (Å²) < 4.78 is 13.0. The van der Waals surface area contributed by atoms with Gasteiger partial charge in [-0.3, -0.25) is 4.79 Å². The number of benzene rings is 1. The maximum atomic E-state index is 13.0. The summed E-state index contributed by atoms with van der Waals surface area (Å²) in [6.07, 6.45) is 0. The Morgan fingerprint density at radius 1 is 1.47 bits per heavy atom. The molecule has 1 unspecified atom stereocenters. The number of halogens is 1. The topological polar surface area (TPSA) is 44.1 Å². The van der Waals surface area contributed by atoms with Crippen molar-refractivity contribution in [2.24, 2.45) is 5.92 Å². The molecule has 1 aromatic carbocycles. The fourth-order valence-corrected chi connectivity index (χ4v) is 1.63. The fraction of sp³-hybridized carbons (Fsp3) is 0.385. The van der Waals surface area contributed by atoms with Crippen molar-refractivity contribution in [1.82, 2.24) is 4.90 Å². The van der Waals surface area contributed by atoms with Crippen LogP contribution in [0, 0.1) is 23.1 Å². The average molecular weight is 234 g/mol. The molecule has 17 heavy (non-hydrogen) atoms. The molecule has 0 radical (unpaired) electrons. The van der Waals surface area contributed by atoms with Crippen LogP contribution in [0.2, 0.25) is 0 Å². The number of hydrogen-bond donors (Lipinski definition) is 0. The number of amides is 1. The van der Waals surface area contributed by atoms with E-state index in [-0.39, 0.29) is 17.4 Å². The summed E-state index contributed by atoms with van der Waals surface area (Å²) in [5, 5.41) is 9.00. The fourth-order valence-electron chi connectivity index (χ4n) is 1.63. The van der Waals surface area contributed by atoms with E-state index in [9.17, 15) is 9.18 Å². The van der Waals surface area contributed by atoms with Crippen LogP contribution in [0.25, 0.3) is 0 Å². The molecule has 0 bridgehead atoms. The molecule has 0 aliphatic heterocycles. The minimum Gasteiger partial charge on any atom is -0.325 e. The normalized spacial score (nSPS) is 12.0. The van der Waals surface area contributed by atoms with E-state index in [2.05, 4.69) is 6.07 Å². The van der Waals surface area contributed by atoms with Crippen LogP contribution in [0.1, 0.15) is 24.2 Å². The molecule has 0 N–H and O–H groups in total. The molecule has 3 nitrogen and oxygen atoms in total. The van der Waals surface area contributed by atoms with Gasteiger partial charge in [0.2, 0.25) is 0 Å². The van der Waals surface area contributed by atoms with Crippen molar-refractivity contribution in [3.8, 4) is 6.07 Å². The Hall–Kier alpha value is -1.89. The molecule has 0 aliphatic rings. The largest absolute Gasteiger partial charge is 0.325 e. The molecule has 4 heteroatoms. The molecule has 0 saturated heterocycles. The molecule has 0 fully saturated rings. The molecular formula is C13H15FN2O. The summed E-state index contributed by atoms with van der Waals surface area (Å²) in [6, 6.07) is 7.04. The molecule has 1 amide bonds. The van der Waals surface area contributed by atoms with E-state index in [1.165, 1.54) is 29.2 Å². The van der Waals surface area contributed by atoms with E-state index in [0.29, 0.717) is 0 Å². The van der Waals surface area contributed by atoms with Gasteiger partial charge in [-0.25, -0.2) is 4.39 Å². The summed E-state index contributed by atoms with van der Waals surface area (Å²) in [6.45, 7) is 3.73. The summed E-state index contributed by atoms with van der Waals surface area (Å²) in [5.74, 6) is -0.769. The zero-order valence-electron chi connectivity index (χ0n) is 10.1. The van der Waals surface area contributed by atoms with E-state index in [0.717, 1.165) is 0 Å². The van der Waals surface area contributed by atoms with Crippen molar-refractivity contribution in [2.45, 2.75) is 19.9 Å². The highest BCUT2D eigenvalue weighted by atomic mass is 19.1. The zero-order valence-corrected chi connectivity index (χ0v) is 10.1. The highest BCUT2D eigenvalue weighted by Crippen LogP contribution is 2.13. The van der Waals surface area contributed by atoms with E-state index >= 15 is 0 Å². The van der Waals surface area contributed by atoms with Crippen molar-refractivity contribution < 1.29 is 9.18 Å². The monoisotopic (exact) mass is 234 g/mol. The highest BCUT2D eigenvalue weighted by Gasteiger charge is 2.23. The number of carbonyl (C=O) groups excluding carboxylic acids is 1. The first-order valence-electron chi connectivity index (χ1n) is 5.39. The maximum Gasteiger partial charge on any atom is 0.254 e. The van der Waals surface area contributed by atoms with Crippen molar-refractivity contribution >= 4 is 5.91 Å². The van der Waals surface area contributed by atoms with Gasteiger partial charge in [-0.2, -0.15) is 5.26 Å². The summed E-state index contributed by atoms with van der Waals surface area (Å²) >= 11 is 0.